The zero-order valence-electron chi connectivity index (χ0n) is 25.4. The van der Waals surface area contributed by atoms with E-state index in [4.69, 9.17) is 24.2 Å². The van der Waals surface area contributed by atoms with Crippen LogP contribution in [0.25, 0.3) is 22.4 Å². The largest absolute Gasteiger partial charge is 0.482 e. The Kier molecular flexibility index (Phi) is 9.16. The van der Waals surface area contributed by atoms with Crippen molar-refractivity contribution in [1.82, 2.24) is 19.9 Å². The molecular formula is C34H37N5O5S. The van der Waals surface area contributed by atoms with Crippen molar-refractivity contribution < 1.29 is 23.8 Å². The van der Waals surface area contributed by atoms with Crippen LogP contribution >= 0.6 is 11.3 Å². The maximum absolute atomic E-state index is 13.8. The van der Waals surface area contributed by atoms with E-state index in [1.807, 2.05) is 41.8 Å². The maximum atomic E-state index is 13.8. The monoisotopic (exact) mass is 627 g/mol. The molecule has 0 aliphatic heterocycles. The Morgan fingerprint density at radius 3 is 2.60 bits per heavy atom. The summed E-state index contributed by atoms with van der Waals surface area (Å²) in [5.74, 6) is 0.0821. The van der Waals surface area contributed by atoms with E-state index >= 15 is 0 Å². The molecule has 3 N–H and O–H groups in total. The van der Waals surface area contributed by atoms with Gasteiger partial charge in [-0.1, -0.05) is 31.4 Å². The molecule has 234 valence electrons. The molecule has 5 aromatic rings. The number of furan rings is 1. The van der Waals surface area contributed by atoms with Gasteiger partial charge in [0, 0.05) is 23.0 Å². The molecule has 3 heterocycles. The Hall–Kier alpha value is -4.64. The SMILES string of the molecule is CC(C)Nc1nc([C@H](Cc2ccc(OCC(=O)O)cc2)NC(=O)c2ccc3c(c2)nc(-c2ccoc2)n3C2CCCCC2)cs1. The lowest BCUT2D eigenvalue weighted by Crippen LogP contribution is -2.30. The van der Waals surface area contributed by atoms with E-state index in [1.54, 1.807) is 24.7 Å². The molecule has 10 nitrogen and oxygen atoms in total. The summed E-state index contributed by atoms with van der Waals surface area (Å²) >= 11 is 1.50. The highest BCUT2D eigenvalue weighted by molar-refractivity contribution is 7.13. The molecule has 1 fully saturated rings. The van der Waals surface area contributed by atoms with Crippen LogP contribution in [-0.4, -0.2) is 44.2 Å². The molecular weight excluding hydrogens is 590 g/mol. The lowest BCUT2D eigenvalue weighted by molar-refractivity contribution is -0.139. The van der Waals surface area contributed by atoms with Crippen LogP contribution in [0.15, 0.2) is 70.9 Å². The van der Waals surface area contributed by atoms with Gasteiger partial charge in [-0.3, -0.25) is 4.79 Å². The topological polar surface area (TPSA) is 132 Å². The van der Waals surface area contributed by atoms with Gasteiger partial charge in [-0.05, 0) is 75.1 Å². The summed E-state index contributed by atoms with van der Waals surface area (Å²) in [5.41, 5.74) is 4.94. The predicted molar refractivity (Wildman–Crippen MR) is 174 cm³/mol. The van der Waals surface area contributed by atoms with Gasteiger partial charge in [0.05, 0.1) is 34.6 Å². The number of rotatable bonds is 12. The average molecular weight is 628 g/mol. The van der Waals surface area contributed by atoms with E-state index in [9.17, 15) is 9.59 Å². The van der Waals surface area contributed by atoms with Crippen LogP contribution < -0.4 is 15.4 Å². The number of imidazole rings is 1. The fourth-order valence-corrected chi connectivity index (χ4v) is 6.79. The molecule has 1 amide bonds. The van der Waals surface area contributed by atoms with Crippen LogP contribution in [0.1, 0.15) is 79.7 Å². The number of ether oxygens (including phenoxy) is 1. The van der Waals surface area contributed by atoms with Crippen molar-refractivity contribution in [2.24, 2.45) is 0 Å². The molecule has 45 heavy (non-hydrogen) atoms. The van der Waals surface area contributed by atoms with Gasteiger partial charge in [0.2, 0.25) is 0 Å². The summed E-state index contributed by atoms with van der Waals surface area (Å²) in [7, 11) is 0. The summed E-state index contributed by atoms with van der Waals surface area (Å²) in [6.07, 6.45) is 9.73. The Bertz CT molecular complexity index is 1750. The Morgan fingerprint density at radius 2 is 1.89 bits per heavy atom. The molecule has 1 atom stereocenters. The third kappa shape index (κ3) is 7.20. The number of carboxylic acid groups (broad SMARTS) is 1. The van der Waals surface area contributed by atoms with Gasteiger partial charge in [-0.25, -0.2) is 14.8 Å². The van der Waals surface area contributed by atoms with E-state index < -0.39 is 18.6 Å². The number of amides is 1. The molecule has 1 aliphatic rings. The van der Waals surface area contributed by atoms with Crippen molar-refractivity contribution in [2.75, 3.05) is 11.9 Å². The standard InChI is InChI=1S/C34H37N5O5S/c1-21(2)35-34-38-29(20-45-34)27(16-22-8-11-26(12-9-22)44-19-31(40)41)37-33(42)23-10-13-30-28(17-23)36-32(24-14-15-43-18-24)39(30)25-6-4-3-5-7-25/h8-15,17-18,20-21,25,27H,3-7,16,19H2,1-2H3,(H,35,38)(H,37,42)(H,40,41)/t27-/m0/s1. The van der Waals surface area contributed by atoms with Crippen molar-refractivity contribution in [3.8, 4) is 17.1 Å². The highest BCUT2D eigenvalue weighted by atomic mass is 32.1. The summed E-state index contributed by atoms with van der Waals surface area (Å²) in [4.78, 5) is 34.4. The first kappa shape index (κ1) is 30.4. The van der Waals surface area contributed by atoms with Crippen molar-refractivity contribution in [2.45, 2.75) is 70.5 Å². The van der Waals surface area contributed by atoms with Crippen molar-refractivity contribution in [3.63, 3.8) is 0 Å². The van der Waals surface area contributed by atoms with Gasteiger partial charge < -0.3 is 29.5 Å². The highest BCUT2D eigenvalue weighted by Gasteiger charge is 2.25. The molecule has 6 rings (SSSR count). The van der Waals surface area contributed by atoms with Gasteiger partial charge in [-0.15, -0.1) is 11.3 Å². The first-order valence-electron chi connectivity index (χ1n) is 15.3. The second kappa shape index (κ2) is 13.6. The summed E-state index contributed by atoms with van der Waals surface area (Å²) in [5, 5.41) is 18.2. The quantitative estimate of drug-likeness (QED) is 0.132. The number of hydrogen-bond donors (Lipinski definition) is 3. The number of carbonyl (C=O) groups is 2. The number of anilines is 1. The van der Waals surface area contributed by atoms with Crippen LogP contribution in [0.2, 0.25) is 0 Å². The van der Waals surface area contributed by atoms with Gasteiger partial charge in [-0.2, -0.15) is 0 Å². The van der Waals surface area contributed by atoms with Crippen LogP contribution in [-0.2, 0) is 11.2 Å². The van der Waals surface area contributed by atoms with E-state index in [0.717, 1.165) is 51.7 Å². The first-order chi connectivity index (χ1) is 21.8. The van der Waals surface area contributed by atoms with Crippen LogP contribution in [0, 0.1) is 0 Å². The van der Waals surface area contributed by atoms with Crippen molar-refractivity contribution >= 4 is 39.4 Å². The smallest absolute Gasteiger partial charge is 0.341 e. The highest BCUT2D eigenvalue weighted by Crippen LogP contribution is 2.36. The second-order valence-corrected chi connectivity index (χ2v) is 12.6. The summed E-state index contributed by atoms with van der Waals surface area (Å²) in [6.45, 7) is 3.70. The van der Waals surface area contributed by atoms with Gasteiger partial charge >= 0.3 is 5.97 Å². The molecule has 0 bridgehead atoms. The lowest BCUT2D eigenvalue weighted by Gasteiger charge is -2.25. The molecule has 0 saturated heterocycles. The fourth-order valence-electron chi connectivity index (χ4n) is 5.88. The van der Waals surface area contributed by atoms with Gasteiger partial charge in [0.1, 0.15) is 17.8 Å². The number of fused-ring (bicyclic) bond motifs is 1. The minimum atomic E-state index is -1.03. The van der Waals surface area contributed by atoms with Crippen LogP contribution in [0.3, 0.4) is 0 Å². The van der Waals surface area contributed by atoms with Crippen molar-refractivity contribution in [3.05, 3.63) is 83.3 Å². The molecule has 1 saturated carbocycles. The van der Waals surface area contributed by atoms with E-state index in [1.165, 1.54) is 30.6 Å². The van der Waals surface area contributed by atoms with Crippen LogP contribution in [0.4, 0.5) is 5.13 Å². The summed E-state index contributed by atoms with van der Waals surface area (Å²) < 4.78 is 13.0. The minimum absolute atomic E-state index is 0.216. The molecule has 0 unspecified atom stereocenters. The van der Waals surface area contributed by atoms with E-state index in [2.05, 4.69) is 29.0 Å². The normalized spacial score (nSPS) is 14.5. The van der Waals surface area contributed by atoms with E-state index in [-0.39, 0.29) is 11.9 Å². The molecule has 11 heteroatoms. The minimum Gasteiger partial charge on any atom is -0.482 e. The maximum Gasteiger partial charge on any atom is 0.341 e. The third-order valence-corrected chi connectivity index (χ3v) is 8.78. The number of thiazole rings is 1. The molecule has 0 spiro atoms. The number of aliphatic carboxylic acids is 1. The van der Waals surface area contributed by atoms with Crippen molar-refractivity contribution in [1.29, 1.82) is 0 Å². The number of carbonyl (C=O) groups excluding carboxylic acids is 1. The zero-order chi connectivity index (χ0) is 31.3. The van der Waals surface area contributed by atoms with E-state index in [0.29, 0.717) is 23.8 Å². The second-order valence-electron chi connectivity index (χ2n) is 11.7. The number of hydrogen-bond acceptors (Lipinski definition) is 8. The van der Waals surface area contributed by atoms with Gasteiger partial charge in [0.15, 0.2) is 11.7 Å². The number of benzene rings is 2. The number of carboxylic acids is 1. The predicted octanol–water partition coefficient (Wildman–Crippen LogP) is 7.26. The lowest BCUT2D eigenvalue weighted by atomic mass is 9.95. The summed E-state index contributed by atoms with van der Waals surface area (Å²) in [6, 6.07) is 15.1. The number of aromatic nitrogens is 3. The fraction of sp³-hybridized carbons (Fsp3) is 0.353. The number of nitrogens with one attached hydrogen (secondary N) is 2. The molecule has 1 aliphatic carbocycles. The average Bonchev–Trinajstić information content (AvgIpc) is 3.80. The Balaban J connectivity index is 1.27. The number of nitrogens with zero attached hydrogens (tertiary/aromatic N) is 3. The third-order valence-electron chi connectivity index (χ3n) is 7.99. The Morgan fingerprint density at radius 1 is 1.09 bits per heavy atom. The van der Waals surface area contributed by atoms with Gasteiger partial charge in [0.25, 0.3) is 5.91 Å². The molecule has 3 aromatic heterocycles. The molecule has 0 radical (unpaired) electrons. The molecule has 2 aromatic carbocycles. The Labute approximate surface area is 265 Å². The zero-order valence-corrected chi connectivity index (χ0v) is 26.2. The van der Waals surface area contributed by atoms with Crippen LogP contribution in [0.5, 0.6) is 5.75 Å². The first-order valence-corrected chi connectivity index (χ1v) is 16.2.